The average molecular weight is 420 g/mol. The van der Waals surface area contributed by atoms with Crippen molar-refractivity contribution in [2.45, 2.75) is 68.8 Å². The van der Waals surface area contributed by atoms with Crippen LogP contribution in [0, 0.1) is 0 Å². The van der Waals surface area contributed by atoms with Gasteiger partial charge in [0.15, 0.2) is 4.90 Å². The topological polar surface area (TPSA) is 20.2 Å². The van der Waals surface area contributed by atoms with Gasteiger partial charge in [-0.05, 0) is 10.8 Å². The molecule has 0 saturated heterocycles. The highest BCUT2D eigenvalue weighted by Gasteiger charge is 2.32. The summed E-state index contributed by atoms with van der Waals surface area (Å²) in [6, 6.07) is 26.1. The van der Waals surface area contributed by atoms with Crippen LogP contribution in [-0.4, -0.2) is 5.11 Å². The molecule has 1 N–H and O–H groups in total. The second-order valence-corrected chi connectivity index (χ2v) is 12.2. The molecule has 0 heterocycles. The van der Waals surface area contributed by atoms with Crippen molar-refractivity contribution in [1.29, 1.82) is 0 Å². The zero-order valence-corrected chi connectivity index (χ0v) is 20.0. The van der Waals surface area contributed by atoms with E-state index < -0.39 is 0 Å². The van der Waals surface area contributed by atoms with E-state index in [2.05, 4.69) is 114 Å². The summed E-state index contributed by atoms with van der Waals surface area (Å²) < 4.78 is 0. The highest BCUT2D eigenvalue weighted by atomic mass is 32.2. The van der Waals surface area contributed by atoms with Gasteiger partial charge < -0.3 is 5.11 Å². The molecule has 3 aromatic carbocycles. The Balaban J connectivity index is 2.13. The molecule has 0 aromatic heterocycles. The molecule has 0 bridgehead atoms. The zero-order valence-electron chi connectivity index (χ0n) is 19.2. The van der Waals surface area contributed by atoms with Gasteiger partial charge in [-0.15, -0.1) is 0 Å². The molecule has 3 rings (SSSR count). The first-order chi connectivity index (χ1) is 14.1. The molecule has 0 amide bonds. The van der Waals surface area contributed by atoms with Crippen LogP contribution in [0.2, 0.25) is 0 Å². The van der Waals surface area contributed by atoms with Crippen LogP contribution < -0.4 is 0 Å². The van der Waals surface area contributed by atoms with Gasteiger partial charge in [0.2, 0.25) is 0 Å². The predicted molar refractivity (Wildman–Crippen MR) is 131 cm³/mol. The summed E-state index contributed by atoms with van der Waals surface area (Å²) in [5.41, 5.74) is 4.58. The molecule has 0 fully saturated rings. The van der Waals surface area contributed by atoms with Gasteiger partial charge in [-0.3, -0.25) is 0 Å². The van der Waals surface area contributed by atoms with E-state index in [1.54, 1.807) is 0 Å². The van der Waals surface area contributed by atoms with E-state index in [9.17, 15) is 5.11 Å². The Morgan fingerprint density at radius 3 is 1.33 bits per heavy atom. The Morgan fingerprint density at radius 2 is 1.00 bits per heavy atom. The maximum absolute atomic E-state index is 11.1. The van der Waals surface area contributed by atoms with E-state index >= 15 is 0 Å². The number of phenolic OH excluding ortho intramolecular Hbond substituents is 1. The van der Waals surface area contributed by atoms with E-state index in [0.29, 0.717) is 5.75 Å². The van der Waals surface area contributed by atoms with Crippen LogP contribution in [0.15, 0.2) is 77.7 Å². The Morgan fingerprint density at radius 1 is 0.633 bits per heavy atom. The third kappa shape index (κ3) is 5.49. The van der Waals surface area contributed by atoms with Crippen molar-refractivity contribution in [1.82, 2.24) is 0 Å². The SMILES string of the molecule is CC(C)(C)c1cc([S+](Cc2ccccc2)Cc2ccccc2)cc(C(C)(C)C)c1O. The van der Waals surface area contributed by atoms with Gasteiger partial charge in [0, 0.05) is 45.3 Å². The van der Waals surface area contributed by atoms with Gasteiger partial charge in [0.05, 0.1) is 0 Å². The molecule has 0 atom stereocenters. The average Bonchev–Trinajstić information content (AvgIpc) is 2.67. The minimum absolute atomic E-state index is 0.000617. The summed E-state index contributed by atoms with van der Waals surface area (Å²) >= 11 is 0. The lowest BCUT2D eigenvalue weighted by molar-refractivity contribution is 0.422. The molecule has 0 saturated carbocycles. The molecule has 0 aliphatic heterocycles. The van der Waals surface area contributed by atoms with Crippen LogP contribution in [-0.2, 0) is 33.2 Å². The molecule has 0 aliphatic rings. The Kier molecular flexibility index (Phi) is 6.67. The van der Waals surface area contributed by atoms with Crippen LogP contribution in [0.4, 0.5) is 0 Å². The van der Waals surface area contributed by atoms with Crippen molar-refractivity contribution in [3.05, 3.63) is 95.1 Å². The van der Waals surface area contributed by atoms with Crippen molar-refractivity contribution in [2.24, 2.45) is 0 Å². The normalized spacial score (nSPS) is 12.4. The van der Waals surface area contributed by atoms with Crippen LogP contribution in [0.5, 0.6) is 5.75 Å². The first-order valence-electron chi connectivity index (χ1n) is 10.7. The number of hydrogen-bond acceptors (Lipinski definition) is 1. The molecule has 0 aliphatic carbocycles. The highest BCUT2D eigenvalue weighted by Crippen LogP contribution is 2.41. The van der Waals surface area contributed by atoms with Gasteiger partial charge in [0.1, 0.15) is 17.3 Å². The van der Waals surface area contributed by atoms with Crippen molar-refractivity contribution < 1.29 is 5.11 Å². The van der Waals surface area contributed by atoms with Gasteiger partial charge in [-0.2, -0.15) is 0 Å². The van der Waals surface area contributed by atoms with Gasteiger partial charge in [-0.1, -0.05) is 102 Å². The standard InChI is InChI=1S/C28H34OS/c1-27(2,3)24-17-23(18-25(26(24)29)28(4,5)6)30(19-21-13-9-7-10-14-21)20-22-15-11-8-12-16-22/h7-18H,19-20H2,1-6H3/p+1. The summed E-state index contributed by atoms with van der Waals surface area (Å²) in [4.78, 5) is 1.34. The van der Waals surface area contributed by atoms with Crippen LogP contribution in [0.3, 0.4) is 0 Å². The molecule has 0 unspecified atom stereocenters. The summed E-state index contributed by atoms with van der Waals surface area (Å²) in [5.74, 6) is 2.48. The first kappa shape index (κ1) is 22.5. The Bertz CT molecular complexity index is 887. The predicted octanol–water partition coefficient (Wildman–Crippen LogP) is 7.36. The summed E-state index contributed by atoms with van der Waals surface area (Å²) in [5, 5.41) is 11.1. The number of benzene rings is 3. The number of hydrogen-bond donors (Lipinski definition) is 1. The Labute approximate surface area is 185 Å². The molecule has 1 nitrogen and oxygen atoms in total. The summed E-state index contributed by atoms with van der Waals surface area (Å²) in [6.45, 7) is 13.1. The molecular weight excluding hydrogens is 384 g/mol. The minimum Gasteiger partial charge on any atom is -0.507 e. The molecule has 30 heavy (non-hydrogen) atoms. The lowest BCUT2D eigenvalue weighted by Gasteiger charge is -2.28. The Hall–Kier alpha value is -2.19. The van der Waals surface area contributed by atoms with Gasteiger partial charge >= 0.3 is 0 Å². The second-order valence-electron chi connectivity index (χ2n) is 10.1. The number of aromatic hydroxyl groups is 1. The minimum atomic E-state index is -0.116. The second kappa shape index (κ2) is 8.89. The number of phenols is 1. The molecule has 158 valence electrons. The lowest BCUT2D eigenvalue weighted by Crippen LogP contribution is -2.20. The smallest absolute Gasteiger partial charge is 0.156 e. The third-order valence-electron chi connectivity index (χ3n) is 5.40. The van der Waals surface area contributed by atoms with Crippen molar-refractivity contribution in [3.8, 4) is 5.75 Å². The fraction of sp³-hybridized carbons (Fsp3) is 0.357. The fourth-order valence-corrected chi connectivity index (χ4v) is 5.88. The summed E-state index contributed by atoms with van der Waals surface area (Å²) in [6.07, 6.45) is 0. The molecular formula is C28H35OS+. The van der Waals surface area contributed by atoms with Crippen molar-refractivity contribution >= 4 is 10.9 Å². The molecule has 0 radical (unpaired) electrons. The lowest BCUT2D eigenvalue weighted by atomic mass is 9.79. The van der Waals surface area contributed by atoms with E-state index in [1.807, 2.05) is 0 Å². The quantitative estimate of drug-likeness (QED) is 0.428. The number of rotatable bonds is 5. The maximum Gasteiger partial charge on any atom is 0.156 e. The third-order valence-corrected chi connectivity index (χ3v) is 7.67. The largest absolute Gasteiger partial charge is 0.507 e. The van der Waals surface area contributed by atoms with Crippen LogP contribution in [0.1, 0.15) is 63.8 Å². The van der Waals surface area contributed by atoms with Crippen molar-refractivity contribution in [2.75, 3.05) is 0 Å². The van der Waals surface area contributed by atoms with Gasteiger partial charge in [0.25, 0.3) is 0 Å². The summed E-state index contributed by atoms with van der Waals surface area (Å²) in [7, 11) is 0.000617. The maximum atomic E-state index is 11.1. The van der Waals surface area contributed by atoms with Crippen LogP contribution >= 0.6 is 0 Å². The van der Waals surface area contributed by atoms with Crippen molar-refractivity contribution in [3.63, 3.8) is 0 Å². The highest BCUT2D eigenvalue weighted by molar-refractivity contribution is 7.95. The molecule has 3 aromatic rings. The van der Waals surface area contributed by atoms with E-state index in [1.165, 1.54) is 16.0 Å². The fourth-order valence-electron chi connectivity index (χ4n) is 3.69. The molecule has 0 spiro atoms. The zero-order chi connectivity index (χ0) is 21.9. The first-order valence-corrected chi connectivity index (χ1v) is 12.3. The molecule has 2 heteroatoms. The monoisotopic (exact) mass is 419 g/mol. The van der Waals surface area contributed by atoms with E-state index in [4.69, 9.17) is 0 Å². The van der Waals surface area contributed by atoms with Crippen LogP contribution in [0.25, 0.3) is 0 Å². The van der Waals surface area contributed by atoms with E-state index in [0.717, 1.165) is 22.6 Å². The van der Waals surface area contributed by atoms with E-state index in [-0.39, 0.29) is 21.7 Å². The van der Waals surface area contributed by atoms with Gasteiger partial charge in [-0.25, -0.2) is 0 Å².